The summed E-state index contributed by atoms with van der Waals surface area (Å²) in [6.45, 7) is 4.60. The maximum atomic E-state index is 12.9. The third-order valence-corrected chi connectivity index (χ3v) is 6.21. The van der Waals surface area contributed by atoms with Crippen LogP contribution in [0.2, 0.25) is 0 Å². The summed E-state index contributed by atoms with van der Waals surface area (Å²) in [6, 6.07) is 0.193. The molecule has 3 rings (SSSR count). The Balaban J connectivity index is 1.78. The van der Waals surface area contributed by atoms with Gasteiger partial charge in [0.25, 0.3) is 10.0 Å². The molecule has 6 nitrogen and oxygen atoms in total. The lowest BCUT2D eigenvalue weighted by Gasteiger charge is -2.29. The van der Waals surface area contributed by atoms with E-state index in [4.69, 9.17) is 0 Å². The highest BCUT2D eigenvalue weighted by atomic mass is 32.2. The smallest absolute Gasteiger partial charge is 0.260 e. The van der Waals surface area contributed by atoms with Crippen LogP contribution in [0, 0.1) is 5.92 Å². The third-order valence-electron chi connectivity index (χ3n) is 4.38. The van der Waals surface area contributed by atoms with Gasteiger partial charge in [0.05, 0.1) is 6.20 Å². The number of aromatic amines is 1. The number of H-pyrrole nitrogens is 1. The summed E-state index contributed by atoms with van der Waals surface area (Å²) in [7, 11) is -3.43. The number of aromatic nitrogens is 2. The molecule has 1 saturated carbocycles. The summed E-state index contributed by atoms with van der Waals surface area (Å²) in [4.78, 5) is 7.09. The van der Waals surface area contributed by atoms with Crippen LogP contribution in [0.3, 0.4) is 0 Å². The molecule has 0 aromatic carbocycles. The maximum absolute atomic E-state index is 12.9. The van der Waals surface area contributed by atoms with Crippen molar-refractivity contribution in [2.45, 2.75) is 50.1 Å². The van der Waals surface area contributed by atoms with E-state index in [2.05, 4.69) is 15.3 Å². The number of piperidine rings is 1. The van der Waals surface area contributed by atoms with Crippen molar-refractivity contribution in [1.82, 2.24) is 19.6 Å². The number of sulfonamides is 1. The quantitative estimate of drug-likeness (QED) is 0.825. The lowest BCUT2D eigenvalue weighted by Crippen LogP contribution is -2.40. The Labute approximate surface area is 126 Å². The summed E-state index contributed by atoms with van der Waals surface area (Å²) in [5, 5.41) is 3.58. The van der Waals surface area contributed by atoms with Crippen molar-refractivity contribution in [3.63, 3.8) is 0 Å². The second-order valence-corrected chi connectivity index (χ2v) is 7.91. The molecule has 2 N–H and O–H groups in total. The Bertz CT molecular complexity index is 574. The predicted molar refractivity (Wildman–Crippen MR) is 80.5 cm³/mol. The minimum absolute atomic E-state index is 0.193. The number of imidazole rings is 1. The van der Waals surface area contributed by atoms with E-state index in [1.54, 1.807) is 4.31 Å². The fourth-order valence-electron chi connectivity index (χ4n) is 2.91. The molecule has 2 fully saturated rings. The van der Waals surface area contributed by atoms with Crippen LogP contribution in [0.1, 0.15) is 38.4 Å². The van der Waals surface area contributed by atoms with Gasteiger partial charge in [-0.05, 0) is 44.7 Å². The van der Waals surface area contributed by atoms with Gasteiger partial charge in [-0.3, -0.25) is 0 Å². The lowest BCUT2D eigenvalue weighted by atomic mass is 9.98. The molecule has 7 heteroatoms. The minimum Gasteiger partial charge on any atom is -0.332 e. The van der Waals surface area contributed by atoms with E-state index in [-0.39, 0.29) is 11.1 Å². The number of hydrogen-bond acceptors (Lipinski definition) is 4. The first-order valence-corrected chi connectivity index (χ1v) is 9.31. The van der Waals surface area contributed by atoms with Crippen LogP contribution in [0.4, 0.5) is 0 Å². The van der Waals surface area contributed by atoms with Gasteiger partial charge < -0.3 is 10.3 Å². The van der Waals surface area contributed by atoms with Crippen molar-refractivity contribution < 1.29 is 8.42 Å². The summed E-state index contributed by atoms with van der Waals surface area (Å²) in [5.74, 6) is 1.20. The largest absolute Gasteiger partial charge is 0.332 e. The Kier molecular flexibility index (Phi) is 4.33. The first kappa shape index (κ1) is 15.0. The Hall–Kier alpha value is -0.920. The van der Waals surface area contributed by atoms with Gasteiger partial charge in [-0.25, -0.2) is 13.4 Å². The molecule has 0 atom stereocenters. The number of rotatable bonds is 6. The van der Waals surface area contributed by atoms with Gasteiger partial charge in [-0.2, -0.15) is 4.31 Å². The summed E-state index contributed by atoms with van der Waals surface area (Å²) in [6.07, 6.45) is 6.26. The molecule has 1 aromatic rings. The molecule has 0 spiro atoms. The maximum Gasteiger partial charge on any atom is 0.260 e. The molecule has 1 aliphatic heterocycles. The normalized spacial score (nSPS) is 21.0. The van der Waals surface area contributed by atoms with Gasteiger partial charge in [-0.15, -0.1) is 0 Å². The molecule has 2 heterocycles. The SMILES string of the molecule is CCc1ncc(S(=O)(=O)N(CC2CCNCC2)C2CC2)[nH]1. The predicted octanol–water partition coefficient (Wildman–Crippen LogP) is 1.12. The second kappa shape index (κ2) is 6.06. The van der Waals surface area contributed by atoms with Crippen molar-refractivity contribution in [1.29, 1.82) is 0 Å². The molecule has 2 aliphatic rings. The third kappa shape index (κ3) is 3.30. The topological polar surface area (TPSA) is 78.1 Å². The Morgan fingerprint density at radius 2 is 2.00 bits per heavy atom. The Morgan fingerprint density at radius 3 is 2.57 bits per heavy atom. The standard InChI is InChI=1S/C14H24N4O2S/c1-2-13-16-9-14(17-13)21(19,20)18(12-3-4-12)10-11-5-7-15-8-6-11/h9,11-12,15H,2-8,10H2,1H3,(H,16,17). The van der Waals surface area contributed by atoms with E-state index in [0.717, 1.165) is 44.6 Å². The van der Waals surface area contributed by atoms with Crippen LogP contribution < -0.4 is 5.32 Å². The number of hydrogen-bond donors (Lipinski definition) is 2. The van der Waals surface area contributed by atoms with Crippen molar-refractivity contribution in [2.24, 2.45) is 5.92 Å². The van der Waals surface area contributed by atoms with E-state index >= 15 is 0 Å². The second-order valence-electron chi connectivity index (χ2n) is 6.05. The monoisotopic (exact) mass is 312 g/mol. The zero-order chi connectivity index (χ0) is 14.9. The van der Waals surface area contributed by atoms with Crippen LogP contribution in [-0.4, -0.2) is 48.4 Å². The van der Waals surface area contributed by atoms with E-state index in [1.807, 2.05) is 6.92 Å². The Morgan fingerprint density at radius 1 is 1.29 bits per heavy atom. The fourth-order valence-corrected chi connectivity index (χ4v) is 4.60. The van der Waals surface area contributed by atoms with Gasteiger partial charge in [0.1, 0.15) is 5.82 Å². The average molecular weight is 312 g/mol. The van der Waals surface area contributed by atoms with E-state index in [1.165, 1.54) is 6.20 Å². The molecule has 0 bridgehead atoms. The first-order valence-electron chi connectivity index (χ1n) is 7.87. The fraction of sp³-hybridized carbons (Fsp3) is 0.786. The highest BCUT2D eigenvalue weighted by Gasteiger charge is 2.40. The van der Waals surface area contributed by atoms with Crippen LogP contribution >= 0.6 is 0 Å². The van der Waals surface area contributed by atoms with Crippen LogP contribution in [0.15, 0.2) is 11.2 Å². The zero-order valence-corrected chi connectivity index (χ0v) is 13.3. The van der Waals surface area contributed by atoms with Gasteiger partial charge >= 0.3 is 0 Å². The van der Waals surface area contributed by atoms with Crippen molar-refractivity contribution in [3.05, 3.63) is 12.0 Å². The summed E-state index contributed by atoms with van der Waals surface area (Å²) >= 11 is 0. The molecule has 0 unspecified atom stereocenters. The summed E-state index contributed by atoms with van der Waals surface area (Å²) < 4.78 is 27.4. The highest BCUT2D eigenvalue weighted by molar-refractivity contribution is 7.89. The van der Waals surface area contributed by atoms with Crippen LogP contribution in [-0.2, 0) is 16.4 Å². The molecule has 1 aromatic heterocycles. The van der Waals surface area contributed by atoms with Gasteiger partial charge in [0.2, 0.25) is 0 Å². The van der Waals surface area contributed by atoms with Crippen LogP contribution in [0.25, 0.3) is 0 Å². The van der Waals surface area contributed by atoms with E-state index in [0.29, 0.717) is 18.9 Å². The van der Waals surface area contributed by atoms with Crippen LogP contribution in [0.5, 0.6) is 0 Å². The van der Waals surface area contributed by atoms with Gasteiger partial charge in [0.15, 0.2) is 5.03 Å². The molecule has 1 aliphatic carbocycles. The number of nitrogens with zero attached hydrogens (tertiary/aromatic N) is 2. The first-order chi connectivity index (χ1) is 10.1. The minimum atomic E-state index is -3.43. The number of nitrogens with one attached hydrogen (secondary N) is 2. The van der Waals surface area contributed by atoms with Crippen molar-refractivity contribution in [2.75, 3.05) is 19.6 Å². The zero-order valence-electron chi connectivity index (χ0n) is 12.5. The van der Waals surface area contributed by atoms with Crippen molar-refractivity contribution in [3.8, 4) is 0 Å². The molecule has 0 radical (unpaired) electrons. The lowest BCUT2D eigenvalue weighted by molar-refractivity contribution is 0.283. The highest BCUT2D eigenvalue weighted by Crippen LogP contribution is 2.33. The average Bonchev–Trinajstić information content (AvgIpc) is 3.20. The number of aryl methyl sites for hydroxylation is 1. The molecule has 1 saturated heterocycles. The van der Waals surface area contributed by atoms with E-state index in [9.17, 15) is 8.42 Å². The van der Waals surface area contributed by atoms with Gasteiger partial charge in [-0.1, -0.05) is 6.92 Å². The molecule has 0 amide bonds. The molecule has 118 valence electrons. The van der Waals surface area contributed by atoms with E-state index < -0.39 is 10.0 Å². The van der Waals surface area contributed by atoms with Gasteiger partial charge in [0, 0.05) is 19.0 Å². The summed E-state index contributed by atoms with van der Waals surface area (Å²) in [5.41, 5.74) is 0. The molecule has 21 heavy (non-hydrogen) atoms. The molecular weight excluding hydrogens is 288 g/mol. The van der Waals surface area contributed by atoms with Crippen molar-refractivity contribution >= 4 is 10.0 Å². The molecular formula is C14H24N4O2S.